The summed E-state index contributed by atoms with van der Waals surface area (Å²) in [5.74, 6) is -0.402. The molecule has 3 N–H and O–H groups in total. The summed E-state index contributed by atoms with van der Waals surface area (Å²) in [6.07, 6.45) is -0.369. The normalized spacial score (nSPS) is 12.3. The van der Waals surface area contributed by atoms with E-state index in [2.05, 4.69) is 17.0 Å². The van der Waals surface area contributed by atoms with E-state index in [-0.39, 0.29) is 12.7 Å². The molecule has 0 aliphatic heterocycles. The van der Waals surface area contributed by atoms with Crippen LogP contribution in [0.15, 0.2) is 4.99 Å². The number of nitrogens with zero attached hydrogens (tertiary/aromatic N) is 1. The minimum atomic E-state index is -4.04. The van der Waals surface area contributed by atoms with Crippen molar-refractivity contribution in [2.75, 3.05) is 12.7 Å². The number of carbonyl (C=O) groups is 1. The molecule has 0 aliphatic rings. The van der Waals surface area contributed by atoms with Gasteiger partial charge in [-0.15, -0.1) is 0 Å². The first-order chi connectivity index (χ1) is 6.19. The van der Waals surface area contributed by atoms with Gasteiger partial charge in [0.25, 0.3) is 0 Å². The second kappa shape index (κ2) is 4.68. The predicted octanol–water partition coefficient (Wildman–Crippen LogP) is -0.240. The van der Waals surface area contributed by atoms with Crippen LogP contribution in [0.3, 0.4) is 0 Å². The van der Waals surface area contributed by atoms with Crippen LogP contribution in [0.1, 0.15) is 13.8 Å². The average molecular weight is 222 g/mol. The van der Waals surface area contributed by atoms with E-state index >= 15 is 0 Å². The Morgan fingerprint density at radius 1 is 1.57 bits per heavy atom. The quantitative estimate of drug-likeness (QED) is 0.441. The molecular formula is C7H15N2O4P. The van der Waals surface area contributed by atoms with Crippen molar-refractivity contribution in [1.82, 2.24) is 5.32 Å². The summed E-state index contributed by atoms with van der Waals surface area (Å²) >= 11 is 0. The molecule has 0 spiro atoms. The zero-order valence-electron chi connectivity index (χ0n) is 8.23. The van der Waals surface area contributed by atoms with Crippen molar-refractivity contribution in [2.24, 2.45) is 4.99 Å². The molecule has 0 aromatic carbocycles. The number of nitrogens with one attached hydrogen (secondary N) is 1. The standard InChI is InChI=1S/C7H15N2O4P/c1-7(2,8-3)6(10)9-4-5-14(11,12)13/h3-5H2,1-2H3,(H,9,10)(H2,11,12,13). The Labute approximate surface area is 82.6 Å². The second-order valence-electron chi connectivity index (χ2n) is 3.36. The van der Waals surface area contributed by atoms with Gasteiger partial charge in [0.15, 0.2) is 0 Å². The lowest BCUT2D eigenvalue weighted by Gasteiger charge is -2.18. The minimum Gasteiger partial charge on any atom is -0.353 e. The van der Waals surface area contributed by atoms with Gasteiger partial charge in [-0.1, -0.05) is 0 Å². The van der Waals surface area contributed by atoms with Gasteiger partial charge in [0.05, 0.1) is 6.16 Å². The molecule has 0 rings (SSSR count). The van der Waals surface area contributed by atoms with Crippen LogP contribution in [0.25, 0.3) is 0 Å². The molecule has 1 amide bonds. The molecule has 0 atom stereocenters. The summed E-state index contributed by atoms with van der Waals surface area (Å²) in [4.78, 5) is 31.9. The molecule has 82 valence electrons. The highest BCUT2D eigenvalue weighted by Gasteiger charge is 2.25. The Morgan fingerprint density at radius 3 is 2.43 bits per heavy atom. The van der Waals surface area contributed by atoms with Crippen molar-refractivity contribution in [2.45, 2.75) is 19.4 Å². The van der Waals surface area contributed by atoms with Gasteiger partial charge in [-0.05, 0) is 20.6 Å². The van der Waals surface area contributed by atoms with Gasteiger partial charge in [0.2, 0.25) is 5.91 Å². The maximum absolute atomic E-state index is 11.3. The molecule has 7 heteroatoms. The van der Waals surface area contributed by atoms with Gasteiger partial charge in [-0.3, -0.25) is 14.4 Å². The lowest BCUT2D eigenvalue weighted by atomic mass is 10.1. The molecule has 0 fully saturated rings. The topological polar surface area (TPSA) is 99.0 Å². The van der Waals surface area contributed by atoms with Crippen LogP contribution in [0, 0.1) is 0 Å². The highest BCUT2D eigenvalue weighted by atomic mass is 31.2. The fourth-order valence-electron chi connectivity index (χ4n) is 0.603. The smallest absolute Gasteiger partial charge is 0.327 e. The Hall–Kier alpha value is -0.710. The molecular weight excluding hydrogens is 207 g/mol. The van der Waals surface area contributed by atoms with Gasteiger partial charge in [0.1, 0.15) is 5.54 Å². The van der Waals surface area contributed by atoms with Gasteiger partial charge in [-0.25, -0.2) is 0 Å². The summed E-state index contributed by atoms with van der Waals surface area (Å²) in [6.45, 7) is 6.30. The first-order valence-corrected chi connectivity index (χ1v) is 5.79. The number of amides is 1. The SMILES string of the molecule is C=NC(C)(C)C(=O)NCCP(=O)(O)O. The van der Waals surface area contributed by atoms with Crippen LogP contribution in [-0.2, 0) is 9.36 Å². The van der Waals surface area contributed by atoms with Gasteiger partial charge < -0.3 is 15.1 Å². The van der Waals surface area contributed by atoms with E-state index in [0.717, 1.165) is 0 Å². The number of aliphatic imine (C=N–C) groups is 1. The van der Waals surface area contributed by atoms with E-state index in [1.807, 2.05) is 0 Å². The largest absolute Gasteiger partial charge is 0.353 e. The third kappa shape index (κ3) is 5.11. The average Bonchev–Trinajstić information content (AvgIpc) is 2.02. The van der Waals surface area contributed by atoms with Gasteiger partial charge in [-0.2, -0.15) is 0 Å². The Balaban J connectivity index is 3.99. The molecule has 0 aliphatic carbocycles. The van der Waals surface area contributed by atoms with Crippen molar-refractivity contribution < 1.29 is 19.1 Å². The zero-order chi connectivity index (χ0) is 11.4. The molecule has 0 saturated carbocycles. The molecule has 14 heavy (non-hydrogen) atoms. The minimum absolute atomic E-state index is 0.0674. The Morgan fingerprint density at radius 2 is 2.07 bits per heavy atom. The fraction of sp³-hybridized carbons (Fsp3) is 0.714. The molecule has 0 bridgehead atoms. The van der Waals surface area contributed by atoms with Gasteiger partial charge >= 0.3 is 7.60 Å². The van der Waals surface area contributed by atoms with E-state index in [9.17, 15) is 9.36 Å². The van der Waals surface area contributed by atoms with Crippen molar-refractivity contribution in [3.8, 4) is 0 Å². The maximum atomic E-state index is 11.3. The van der Waals surface area contributed by atoms with Crippen molar-refractivity contribution in [3.63, 3.8) is 0 Å². The lowest BCUT2D eigenvalue weighted by molar-refractivity contribution is -0.124. The summed E-state index contributed by atoms with van der Waals surface area (Å²) in [5, 5.41) is 2.37. The highest BCUT2D eigenvalue weighted by molar-refractivity contribution is 7.51. The number of hydrogen-bond acceptors (Lipinski definition) is 3. The first kappa shape index (κ1) is 13.3. The fourth-order valence-corrected chi connectivity index (χ4v) is 1.01. The van der Waals surface area contributed by atoms with E-state index in [1.165, 1.54) is 0 Å². The number of rotatable bonds is 5. The highest BCUT2D eigenvalue weighted by Crippen LogP contribution is 2.32. The molecule has 0 aromatic rings. The molecule has 0 aromatic heterocycles. The van der Waals surface area contributed by atoms with E-state index in [4.69, 9.17) is 9.79 Å². The summed E-state index contributed by atoms with van der Waals surface area (Å²) < 4.78 is 10.4. The third-order valence-electron chi connectivity index (χ3n) is 1.64. The summed E-state index contributed by atoms with van der Waals surface area (Å²) in [6, 6.07) is 0. The molecule has 0 heterocycles. The Bertz CT molecular complexity index is 271. The van der Waals surface area contributed by atoms with Crippen molar-refractivity contribution in [1.29, 1.82) is 0 Å². The monoisotopic (exact) mass is 222 g/mol. The van der Waals surface area contributed by atoms with E-state index in [1.54, 1.807) is 13.8 Å². The van der Waals surface area contributed by atoms with Crippen LogP contribution >= 0.6 is 7.60 Å². The molecule has 0 radical (unpaired) electrons. The lowest BCUT2D eigenvalue weighted by Crippen LogP contribution is -2.41. The van der Waals surface area contributed by atoms with Crippen LogP contribution < -0.4 is 5.32 Å². The van der Waals surface area contributed by atoms with Gasteiger partial charge in [0, 0.05) is 6.54 Å². The maximum Gasteiger partial charge on any atom is 0.327 e. The molecule has 0 unspecified atom stereocenters. The predicted molar refractivity (Wildman–Crippen MR) is 53.5 cm³/mol. The van der Waals surface area contributed by atoms with Crippen LogP contribution in [0.5, 0.6) is 0 Å². The van der Waals surface area contributed by atoms with Crippen LogP contribution in [-0.4, -0.2) is 40.7 Å². The van der Waals surface area contributed by atoms with Crippen molar-refractivity contribution >= 4 is 20.2 Å². The molecule has 0 saturated heterocycles. The second-order valence-corrected chi connectivity index (χ2v) is 5.14. The summed E-state index contributed by atoms with van der Waals surface area (Å²) in [5.41, 5.74) is -0.963. The van der Waals surface area contributed by atoms with Crippen molar-refractivity contribution in [3.05, 3.63) is 0 Å². The number of carbonyl (C=O) groups excluding carboxylic acids is 1. The summed E-state index contributed by atoms with van der Waals surface area (Å²) in [7, 11) is -4.04. The van der Waals surface area contributed by atoms with Crippen LogP contribution in [0.2, 0.25) is 0 Å². The first-order valence-electron chi connectivity index (χ1n) is 4.00. The van der Waals surface area contributed by atoms with E-state index in [0.29, 0.717) is 0 Å². The third-order valence-corrected chi connectivity index (χ3v) is 2.45. The van der Waals surface area contributed by atoms with Crippen LogP contribution in [0.4, 0.5) is 0 Å². The number of hydrogen-bond donors (Lipinski definition) is 3. The zero-order valence-corrected chi connectivity index (χ0v) is 9.12. The van der Waals surface area contributed by atoms with E-state index < -0.39 is 19.0 Å². The molecule has 6 nitrogen and oxygen atoms in total. The Kier molecular flexibility index (Phi) is 4.45.